The zero-order valence-electron chi connectivity index (χ0n) is 13.3. The normalized spacial score (nSPS) is 25.2. The quantitative estimate of drug-likeness (QED) is 0.884. The molecule has 0 saturated carbocycles. The topological polar surface area (TPSA) is 57.3 Å². The van der Waals surface area contributed by atoms with Gasteiger partial charge in [0.15, 0.2) is 0 Å². The smallest absolute Gasteiger partial charge is 0.237 e. The van der Waals surface area contributed by atoms with Crippen molar-refractivity contribution in [1.82, 2.24) is 15.6 Å². The molecule has 3 rings (SSSR count). The summed E-state index contributed by atoms with van der Waals surface area (Å²) in [5.41, 5.74) is 1.24. The van der Waals surface area contributed by atoms with Gasteiger partial charge in [-0.15, -0.1) is 0 Å². The third kappa shape index (κ3) is 3.77. The summed E-state index contributed by atoms with van der Waals surface area (Å²) in [6, 6.07) is 4.20. The van der Waals surface area contributed by atoms with E-state index in [1.165, 1.54) is 12.0 Å². The number of rotatable bonds is 4. The molecule has 2 atom stereocenters. The highest BCUT2D eigenvalue weighted by atomic mass is 16.2. The molecule has 2 aliphatic heterocycles. The van der Waals surface area contributed by atoms with Gasteiger partial charge in [-0.25, -0.2) is 4.98 Å². The molecule has 2 fully saturated rings. The van der Waals surface area contributed by atoms with Crippen molar-refractivity contribution in [2.24, 2.45) is 5.92 Å². The number of aromatic nitrogens is 1. The summed E-state index contributed by atoms with van der Waals surface area (Å²) in [5.74, 6) is 1.75. The van der Waals surface area contributed by atoms with Crippen LogP contribution in [0.15, 0.2) is 18.3 Å². The van der Waals surface area contributed by atoms with Gasteiger partial charge >= 0.3 is 0 Å². The van der Waals surface area contributed by atoms with Crippen LogP contribution in [0.3, 0.4) is 0 Å². The average Bonchev–Trinajstić information content (AvgIpc) is 3.07. The van der Waals surface area contributed by atoms with Crippen molar-refractivity contribution >= 4 is 11.7 Å². The maximum absolute atomic E-state index is 12.1. The molecular formula is C17H26N4O. The minimum Gasteiger partial charge on any atom is -0.356 e. The Morgan fingerprint density at radius 2 is 2.36 bits per heavy atom. The first-order valence-electron chi connectivity index (χ1n) is 8.41. The summed E-state index contributed by atoms with van der Waals surface area (Å²) in [4.78, 5) is 18.9. The fourth-order valence-corrected chi connectivity index (χ4v) is 3.41. The Hall–Kier alpha value is -1.62. The fourth-order valence-electron chi connectivity index (χ4n) is 3.41. The number of aryl methyl sites for hydroxylation is 1. The number of hydrogen-bond donors (Lipinski definition) is 2. The van der Waals surface area contributed by atoms with Crippen LogP contribution in [-0.2, 0) is 4.79 Å². The summed E-state index contributed by atoms with van der Waals surface area (Å²) in [7, 11) is 0. The average molecular weight is 302 g/mol. The Balaban J connectivity index is 1.51. The van der Waals surface area contributed by atoms with Gasteiger partial charge in [-0.1, -0.05) is 0 Å². The first-order chi connectivity index (χ1) is 10.7. The largest absolute Gasteiger partial charge is 0.356 e. The zero-order valence-corrected chi connectivity index (χ0v) is 13.3. The summed E-state index contributed by atoms with van der Waals surface area (Å²) in [5, 5.41) is 6.38. The molecule has 5 heteroatoms. The Kier molecular flexibility index (Phi) is 4.93. The maximum Gasteiger partial charge on any atom is 0.237 e. The number of carbonyl (C=O) groups excluding carboxylic acids is 1. The number of pyridine rings is 1. The van der Waals surface area contributed by atoms with E-state index in [0.29, 0.717) is 5.92 Å². The van der Waals surface area contributed by atoms with Gasteiger partial charge in [-0.05, 0) is 62.8 Å². The van der Waals surface area contributed by atoms with Crippen LogP contribution in [-0.4, -0.2) is 43.1 Å². The van der Waals surface area contributed by atoms with Gasteiger partial charge in [0.25, 0.3) is 0 Å². The molecule has 0 aromatic carbocycles. The highest BCUT2D eigenvalue weighted by Crippen LogP contribution is 2.21. The number of anilines is 1. The molecule has 1 amide bonds. The van der Waals surface area contributed by atoms with Crippen LogP contribution < -0.4 is 15.5 Å². The van der Waals surface area contributed by atoms with Gasteiger partial charge < -0.3 is 15.5 Å². The van der Waals surface area contributed by atoms with E-state index in [2.05, 4.69) is 33.5 Å². The molecule has 5 nitrogen and oxygen atoms in total. The predicted molar refractivity (Wildman–Crippen MR) is 87.9 cm³/mol. The molecule has 0 spiro atoms. The van der Waals surface area contributed by atoms with Crippen LogP contribution in [0.25, 0.3) is 0 Å². The molecule has 1 aromatic heterocycles. The first kappa shape index (κ1) is 15.3. The lowest BCUT2D eigenvalue weighted by molar-refractivity contribution is -0.122. The van der Waals surface area contributed by atoms with Crippen LogP contribution in [0.5, 0.6) is 0 Å². The molecule has 0 bridgehead atoms. The molecule has 2 N–H and O–H groups in total. The SMILES string of the molecule is Cc1ccnc(N2CCCC(CNC(=O)C3CCCN3)C2)c1. The number of nitrogens with zero attached hydrogens (tertiary/aromatic N) is 2. The molecule has 0 aliphatic carbocycles. The van der Waals surface area contributed by atoms with Crippen molar-refractivity contribution in [2.45, 2.75) is 38.6 Å². The Morgan fingerprint density at radius 1 is 1.45 bits per heavy atom. The lowest BCUT2D eigenvalue weighted by Gasteiger charge is -2.34. The third-order valence-corrected chi connectivity index (χ3v) is 4.69. The molecule has 2 unspecified atom stereocenters. The second kappa shape index (κ2) is 7.09. The van der Waals surface area contributed by atoms with Gasteiger partial charge in [0.05, 0.1) is 6.04 Å². The monoisotopic (exact) mass is 302 g/mol. The zero-order chi connectivity index (χ0) is 15.4. The number of amides is 1. The van der Waals surface area contributed by atoms with E-state index in [1.54, 1.807) is 0 Å². The summed E-state index contributed by atoms with van der Waals surface area (Å²) < 4.78 is 0. The Morgan fingerprint density at radius 3 is 3.14 bits per heavy atom. The van der Waals surface area contributed by atoms with E-state index >= 15 is 0 Å². The molecule has 1 aromatic rings. The lowest BCUT2D eigenvalue weighted by Crippen LogP contribution is -2.45. The van der Waals surface area contributed by atoms with Crippen molar-refractivity contribution in [3.8, 4) is 0 Å². The minimum atomic E-state index is 0.0260. The number of piperidine rings is 1. The highest BCUT2D eigenvalue weighted by Gasteiger charge is 2.25. The van der Waals surface area contributed by atoms with E-state index in [-0.39, 0.29) is 11.9 Å². The van der Waals surface area contributed by atoms with Crippen LogP contribution in [0.2, 0.25) is 0 Å². The molecule has 120 valence electrons. The number of nitrogens with one attached hydrogen (secondary N) is 2. The van der Waals surface area contributed by atoms with E-state index in [1.807, 2.05) is 12.3 Å². The lowest BCUT2D eigenvalue weighted by atomic mass is 9.97. The summed E-state index contributed by atoms with van der Waals surface area (Å²) >= 11 is 0. The Labute approximate surface area is 132 Å². The van der Waals surface area contributed by atoms with Gasteiger partial charge in [0, 0.05) is 25.8 Å². The van der Waals surface area contributed by atoms with Gasteiger partial charge in [0.2, 0.25) is 5.91 Å². The second-order valence-electron chi connectivity index (χ2n) is 6.54. The van der Waals surface area contributed by atoms with Crippen LogP contribution in [0, 0.1) is 12.8 Å². The molecule has 22 heavy (non-hydrogen) atoms. The van der Waals surface area contributed by atoms with Crippen LogP contribution in [0.1, 0.15) is 31.2 Å². The molecule has 3 heterocycles. The van der Waals surface area contributed by atoms with Crippen LogP contribution in [0.4, 0.5) is 5.82 Å². The van der Waals surface area contributed by atoms with Crippen molar-refractivity contribution in [3.63, 3.8) is 0 Å². The second-order valence-corrected chi connectivity index (χ2v) is 6.54. The van der Waals surface area contributed by atoms with E-state index in [4.69, 9.17) is 0 Å². The van der Waals surface area contributed by atoms with E-state index < -0.39 is 0 Å². The van der Waals surface area contributed by atoms with Crippen molar-refractivity contribution < 1.29 is 4.79 Å². The summed E-state index contributed by atoms with van der Waals surface area (Å²) in [6.07, 6.45) is 6.30. The van der Waals surface area contributed by atoms with Gasteiger partial charge in [-0.2, -0.15) is 0 Å². The number of hydrogen-bond acceptors (Lipinski definition) is 4. The van der Waals surface area contributed by atoms with Crippen molar-refractivity contribution in [2.75, 3.05) is 31.1 Å². The maximum atomic E-state index is 12.1. The Bertz CT molecular complexity index is 513. The molecule has 2 aliphatic rings. The van der Waals surface area contributed by atoms with Crippen molar-refractivity contribution in [1.29, 1.82) is 0 Å². The van der Waals surface area contributed by atoms with Crippen LogP contribution >= 0.6 is 0 Å². The fraction of sp³-hybridized carbons (Fsp3) is 0.647. The molecular weight excluding hydrogens is 276 g/mol. The van der Waals surface area contributed by atoms with Gasteiger partial charge in [0.1, 0.15) is 5.82 Å². The predicted octanol–water partition coefficient (Wildman–Crippen LogP) is 1.47. The van der Waals surface area contributed by atoms with Gasteiger partial charge in [-0.3, -0.25) is 4.79 Å². The van der Waals surface area contributed by atoms with E-state index in [9.17, 15) is 4.79 Å². The minimum absolute atomic E-state index is 0.0260. The highest BCUT2D eigenvalue weighted by molar-refractivity contribution is 5.82. The molecule has 0 radical (unpaired) electrons. The number of carbonyl (C=O) groups is 1. The van der Waals surface area contributed by atoms with E-state index in [0.717, 1.165) is 51.3 Å². The summed E-state index contributed by atoms with van der Waals surface area (Å²) in [6.45, 7) is 5.88. The third-order valence-electron chi connectivity index (χ3n) is 4.69. The molecule has 2 saturated heterocycles. The first-order valence-corrected chi connectivity index (χ1v) is 8.41. The standard InChI is InChI=1S/C17H26N4O/c1-13-6-8-19-16(10-13)21-9-3-4-14(12-21)11-20-17(22)15-5-2-7-18-15/h6,8,10,14-15,18H,2-5,7,9,11-12H2,1H3,(H,20,22). The van der Waals surface area contributed by atoms with Crippen molar-refractivity contribution in [3.05, 3.63) is 23.9 Å².